The van der Waals surface area contributed by atoms with Crippen molar-refractivity contribution in [2.75, 3.05) is 19.8 Å². The van der Waals surface area contributed by atoms with Crippen LogP contribution in [0.4, 0.5) is 4.79 Å². The molecule has 1 amide bonds. The van der Waals surface area contributed by atoms with Gasteiger partial charge in [0.15, 0.2) is 0 Å². The molecule has 0 unspecified atom stereocenters. The molecule has 6 nitrogen and oxygen atoms in total. The van der Waals surface area contributed by atoms with Crippen LogP contribution in [0.3, 0.4) is 0 Å². The predicted molar refractivity (Wildman–Crippen MR) is 61.8 cm³/mol. The minimum absolute atomic E-state index is 0.0479. The van der Waals surface area contributed by atoms with Gasteiger partial charge in [-0.25, -0.2) is 4.79 Å². The van der Waals surface area contributed by atoms with E-state index in [0.717, 1.165) is 0 Å². The molecule has 6 heteroatoms. The summed E-state index contributed by atoms with van der Waals surface area (Å²) in [6.45, 7) is 5.51. The molecule has 2 atom stereocenters. The summed E-state index contributed by atoms with van der Waals surface area (Å²) < 4.78 is 10.3. The lowest BCUT2D eigenvalue weighted by Crippen LogP contribution is -2.55. The van der Waals surface area contributed by atoms with Gasteiger partial charge in [-0.2, -0.15) is 0 Å². The van der Waals surface area contributed by atoms with Crippen molar-refractivity contribution in [1.82, 2.24) is 4.90 Å². The summed E-state index contributed by atoms with van der Waals surface area (Å²) in [6, 6.07) is 0. The first kappa shape index (κ1) is 13.1. The number of rotatable bonds is 1. The molecule has 0 saturated carbocycles. The number of hydrogen-bond donors (Lipinski definition) is 1. The summed E-state index contributed by atoms with van der Waals surface area (Å²) in [5.41, 5.74) is -1.53. The second-order valence-electron chi connectivity index (χ2n) is 5.84. The van der Waals surface area contributed by atoms with Gasteiger partial charge in [0.2, 0.25) is 0 Å². The van der Waals surface area contributed by atoms with E-state index in [2.05, 4.69) is 0 Å². The highest BCUT2D eigenvalue weighted by atomic mass is 16.6. The predicted octanol–water partition coefficient (Wildman–Crippen LogP) is 0.531. The van der Waals surface area contributed by atoms with Crippen molar-refractivity contribution in [2.24, 2.45) is 5.92 Å². The highest BCUT2D eigenvalue weighted by Gasteiger charge is 2.60. The number of ether oxygens (including phenoxy) is 2. The normalized spacial score (nSPS) is 31.2. The summed E-state index contributed by atoms with van der Waals surface area (Å²) in [5.74, 6) is -0.773. The Kier molecular flexibility index (Phi) is 3.01. The molecule has 0 spiro atoms. The molecule has 2 fully saturated rings. The van der Waals surface area contributed by atoms with E-state index < -0.39 is 23.2 Å². The lowest BCUT2D eigenvalue weighted by molar-refractivity contribution is -0.141. The minimum Gasteiger partial charge on any atom is -0.463 e. The maximum absolute atomic E-state index is 12.1. The number of carbonyl (C=O) groups excluding carboxylic acids is 2. The van der Waals surface area contributed by atoms with E-state index in [1.165, 1.54) is 4.90 Å². The third kappa shape index (κ3) is 1.94. The van der Waals surface area contributed by atoms with Crippen LogP contribution < -0.4 is 0 Å². The number of nitrogens with zero attached hydrogens (tertiary/aromatic N) is 1. The third-order valence-corrected chi connectivity index (χ3v) is 3.46. The molecule has 102 valence electrons. The molecule has 2 aliphatic rings. The molecule has 0 aromatic rings. The number of carbonyl (C=O) groups is 2. The van der Waals surface area contributed by atoms with Gasteiger partial charge >= 0.3 is 12.1 Å². The number of aliphatic hydroxyl groups excluding tert-OH is 1. The average Bonchev–Trinajstić information content (AvgIpc) is 2.75. The van der Waals surface area contributed by atoms with Crippen LogP contribution in [0.25, 0.3) is 0 Å². The summed E-state index contributed by atoms with van der Waals surface area (Å²) in [5, 5.41) is 9.58. The SMILES string of the molecule is CC(C)(C)OC(=O)N1CC[C@H]2C(=O)OC[C@]21CO. The van der Waals surface area contributed by atoms with Crippen LogP contribution in [-0.2, 0) is 14.3 Å². The van der Waals surface area contributed by atoms with Crippen molar-refractivity contribution in [1.29, 1.82) is 0 Å². The highest BCUT2D eigenvalue weighted by molar-refractivity contribution is 5.80. The number of esters is 1. The van der Waals surface area contributed by atoms with Gasteiger partial charge in [-0.1, -0.05) is 0 Å². The van der Waals surface area contributed by atoms with Crippen LogP contribution in [0, 0.1) is 5.92 Å². The summed E-state index contributed by atoms with van der Waals surface area (Å²) in [4.78, 5) is 25.1. The number of aliphatic hydroxyl groups is 1. The smallest absolute Gasteiger partial charge is 0.410 e. The van der Waals surface area contributed by atoms with Gasteiger partial charge in [0.05, 0.1) is 12.5 Å². The van der Waals surface area contributed by atoms with E-state index in [1.54, 1.807) is 20.8 Å². The molecule has 0 bridgehead atoms. The molecule has 2 saturated heterocycles. The van der Waals surface area contributed by atoms with E-state index in [4.69, 9.17) is 9.47 Å². The fraction of sp³-hybridized carbons (Fsp3) is 0.833. The van der Waals surface area contributed by atoms with Gasteiger partial charge in [-0.15, -0.1) is 0 Å². The molecule has 1 N–H and O–H groups in total. The lowest BCUT2D eigenvalue weighted by atomic mass is 9.88. The van der Waals surface area contributed by atoms with Crippen molar-refractivity contribution >= 4 is 12.1 Å². The van der Waals surface area contributed by atoms with E-state index in [9.17, 15) is 14.7 Å². The molecule has 2 rings (SSSR count). The number of amides is 1. The molecular formula is C12H19NO5. The van der Waals surface area contributed by atoms with Gasteiger partial charge in [0.25, 0.3) is 0 Å². The van der Waals surface area contributed by atoms with Crippen LogP contribution in [0.1, 0.15) is 27.2 Å². The van der Waals surface area contributed by atoms with Gasteiger partial charge in [-0.05, 0) is 27.2 Å². The first-order valence-electron chi connectivity index (χ1n) is 6.08. The number of likely N-dealkylation sites (tertiary alicyclic amines) is 1. The second kappa shape index (κ2) is 4.12. The zero-order chi connectivity index (χ0) is 13.6. The summed E-state index contributed by atoms with van der Waals surface area (Å²) >= 11 is 0. The van der Waals surface area contributed by atoms with E-state index in [0.29, 0.717) is 13.0 Å². The minimum atomic E-state index is -0.931. The summed E-state index contributed by atoms with van der Waals surface area (Å²) in [6.07, 6.45) is 0.0101. The second-order valence-corrected chi connectivity index (χ2v) is 5.84. The lowest BCUT2D eigenvalue weighted by Gasteiger charge is -2.35. The van der Waals surface area contributed by atoms with E-state index in [1.807, 2.05) is 0 Å². The van der Waals surface area contributed by atoms with Crippen molar-refractivity contribution < 1.29 is 24.2 Å². The first-order valence-corrected chi connectivity index (χ1v) is 6.08. The van der Waals surface area contributed by atoms with E-state index >= 15 is 0 Å². The van der Waals surface area contributed by atoms with Crippen LogP contribution in [0.2, 0.25) is 0 Å². The Labute approximate surface area is 106 Å². The van der Waals surface area contributed by atoms with Crippen LogP contribution in [0.5, 0.6) is 0 Å². The fourth-order valence-electron chi connectivity index (χ4n) is 2.58. The molecule has 18 heavy (non-hydrogen) atoms. The maximum Gasteiger partial charge on any atom is 0.410 e. The maximum atomic E-state index is 12.1. The van der Waals surface area contributed by atoms with Crippen LogP contribution >= 0.6 is 0 Å². The quantitative estimate of drug-likeness (QED) is 0.693. The van der Waals surface area contributed by atoms with Gasteiger partial charge < -0.3 is 14.6 Å². The molecule has 0 aromatic carbocycles. The standard InChI is InChI=1S/C12H19NO5/c1-11(2,3)18-10(16)13-5-4-8-9(15)17-7-12(8,13)6-14/h8,14H,4-7H2,1-3H3/t8-,12+/m0/s1. The average molecular weight is 257 g/mol. The molecular weight excluding hydrogens is 238 g/mol. The number of fused-ring (bicyclic) bond motifs is 1. The highest BCUT2D eigenvalue weighted by Crippen LogP contribution is 2.41. The van der Waals surface area contributed by atoms with Crippen molar-refractivity contribution in [3.63, 3.8) is 0 Å². The molecule has 0 radical (unpaired) electrons. The van der Waals surface area contributed by atoms with E-state index in [-0.39, 0.29) is 19.2 Å². The zero-order valence-corrected chi connectivity index (χ0v) is 10.9. The van der Waals surface area contributed by atoms with Crippen LogP contribution in [0.15, 0.2) is 0 Å². The Morgan fingerprint density at radius 1 is 1.61 bits per heavy atom. The van der Waals surface area contributed by atoms with Gasteiger partial charge in [-0.3, -0.25) is 9.69 Å². The fourth-order valence-corrected chi connectivity index (χ4v) is 2.58. The zero-order valence-electron chi connectivity index (χ0n) is 10.9. The number of hydrogen-bond acceptors (Lipinski definition) is 5. The Morgan fingerprint density at radius 3 is 2.83 bits per heavy atom. The Morgan fingerprint density at radius 2 is 2.28 bits per heavy atom. The molecule has 0 aromatic heterocycles. The van der Waals surface area contributed by atoms with Crippen molar-refractivity contribution in [3.05, 3.63) is 0 Å². The topological polar surface area (TPSA) is 76.1 Å². The first-order chi connectivity index (χ1) is 8.30. The molecule has 2 aliphatic heterocycles. The van der Waals surface area contributed by atoms with Crippen molar-refractivity contribution in [2.45, 2.75) is 38.3 Å². The Balaban J connectivity index is 2.19. The Hall–Kier alpha value is -1.30. The number of cyclic esters (lactones) is 1. The third-order valence-electron chi connectivity index (χ3n) is 3.46. The molecule has 0 aliphatic carbocycles. The van der Waals surface area contributed by atoms with Crippen LogP contribution in [-0.4, -0.2) is 53.0 Å². The Bertz CT molecular complexity index is 375. The molecule has 2 heterocycles. The van der Waals surface area contributed by atoms with Gasteiger partial charge in [0, 0.05) is 6.54 Å². The van der Waals surface area contributed by atoms with Gasteiger partial charge in [0.1, 0.15) is 17.7 Å². The summed E-state index contributed by atoms with van der Waals surface area (Å²) in [7, 11) is 0. The van der Waals surface area contributed by atoms with Crippen molar-refractivity contribution in [3.8, 4) is 0 Å². The monoisotopic (exact) mass is 257 g/mol. The largest absolute Gasteiger partial charge is 0.463 e.